The van der Waals surface area contributed by atoms with Crippen LogP contribution in [-0.4, -0.2) is 39.0 Å². The molecule has 0 aromatic carbocycles. The number of hydrogen-bond donors (Lipinski definition) is 1. The summed E-state index contributed by atoms with van der Waals surface area (Å²) < 4.78 is 1.82. The Morgan fingerprint density at radius 1 is 1.53 bits per heavy atom. The van der Waals surface area contributed by atoms with Gasteiger partial charge >= 0.3 is 0 Å². The fraction of sp³-hybridized carbons (Fsp3) is 0.750. The fourth-order valence-corrected chi connectivity index (χ4v) is 3.01. The first kappa shape index (κ1) is 11.5. The molecule has 1 aromatic rings. The lowest BCUT2D eigenvalue weighted by Crippen LogP contribution is -2.21. The van der Waals surface area contributed by atoms with Crippen LogP contribution >= 0.6 is 11.6 Å². The SMILES string of the molecule is Cc1c(Cl)c(CN2CC(O)C3(CC3)C2)nn1C. The summed E-state index contributed by atoms with van der Waals surface area (Å²) in [7, 11) is 1.91. The van der Waals surface area contributed by atoms with E-state index in [0.29, 0.717) is 0 Å². The van der Waals surface area contributed by atoms with Crippen LogP contribution in [0.2, 0.25) is 5.02 Å². The first-order chi connectivity index (χ1) is 8.02. The lowest BCUT2D eigenvalue weighted by Gasteiger charge is -2.13. The van der Waals surface area contributed by atoms with Crippen molar-refractivity contribution < 1.29 is 5.11 Å². The zero-order valence-corrected chi connectivity index (χ0v) is 11.0. The highest BCUT2D eigenvalue weighted by molar-refractivity contribution is 6.31. The molecule has 1 saturated heterocycles. The quantitative estimate of drug-likeness (QED) is 0.867. The molecule has 1 aromatic heterocycles. The number of hydrogen-bond acceptors (Lipinski definition) is 3. The Balaban J connectivity index is 1.73. The van der Waals surface area contributed by atoms with Crippen LogP contribution in [0, 0.1) is 12.3 Å². The minimum atomic E-state index is -0.161. The first-order valence-electron chi connectivity index (χ1n) is 6.10. The van der Waals surface area contributed by atoms with Gasteiger partial charge in [-0.15, -0.1) is 0 Å². The Morgan fingerprint density at radius 3 is 2.71 bits per heavy atom. The molecule has 0 amide bonds. The first-order valence-corrected chi connectivity index (χ1v) is 6.48. The number of aryl methyl sites for hydroxylation is 1. The van der Waals surface area contributed by atoms with Crippen molar-refractivity contribution in [2.45, 2.75) is 32.4 Å². The van der Waals surface area contributed by atoms with Crippen molar-refractivity contribution in [2.75, 3.05) is 13.1 Å². The van der Waals surface area contributed by atoms with Crippen molar-refractivity contribution >= 4 is 11.6 Å². The van der Waals surface area contributed by atoms with E-state index in [9.17, 15) is 5.11 Å². The van der Waals surface area contributed by atoms with E-state index in [1.54, 1.807) is 0 Å². The Morgan fingerprint density at radius 2 is 2.24 bits per heavy atom. The van der Waals surface area contributed by atoms with E-state index in [4.69, 9.17) is 11.6 Å². The second kappa shape index (κ2) is 3.70. The van der Waals surface area contributed by atoms with Gasteiger partial charge in [0.15, 0.2) is 0 Å². The fourth-order valence-electron chi connectivity index (χ4n) is 2.79. The molecule has 0 bridgehead atoms. The number of aliphatic hydroxyl groups excluding tert-OH is 1. The molecule has 94 valence electrons. The van der Waals surface area contributed by atoms with Crippen molar-refractivity contribution in [3.63, 3.8) is 0 Å². The summed E-state index contributed by atoms with van der Waals surface area (Å²) in [5.74, 6) is 0. The topological polar surface area (TPSA) is 41.3 Å². The van der Waals surface area contributed by atoms with Crippen LogP contribution < -0.4 is 0 Å². The highest BCUT2D eigenvalue weighted by Crippen LogP contribution is 2.52. The summed E-state index contributed by atoms with van der Waals surface area (Å²) in [6.07, 6.45) is 2.17. The molecule has 1 aliphatic heterocycles. The number of aromatic nitrogens is 2. The number of aliphatic hydroxyl groups is 1. The average Bonchev–Trinajstić information content (AvgIpc) is 2.93. The molecule has 1 aliphatic carbocycles. The lowest BCUT2D eigenvalue weighted by molar-refractivity contribution is 0.131. The van der Waals surface area contributed by atoms with Gasteiger partial charge < -0.3 is 5.11 Å². The number of nitrogens with zero attached hydrogens (tertiary/aromatic N) is 3. The van der Waals surface area contributed by atoms with Gasteiger partial charge in [-0.3, -0.25) is 9.58 Å². The Kier molecular flexibility index (Phi) is 2.51. The third kappa shape index (κ3) is 1.79. The molecule has 1 N–H and O–H groups in total. The maximum Gasteiger partial charge on any atom is 0.0953 e. The largest absolute Gasteiger partial charge is 0.391 e. The summed E-state index contributed by atoms with van der Waals surface area (Å²) in [5.41, 5.74) is 2.13. The van der Waals surface area contributed by atoms with Crippen molar-refractivity contribution in [3.05, 3.63) is 16.4 Å². The van der Waals surface area contributed by atoms with Gasteiger partial charge in [-0.2, -0.15) is 5.10 Å². The predicted molar refractivity (Wildman–Crippen MR) is 65.9 cm³/mol. The van der Waals surface area contributed by atoms with Crippen LogP contribution in [0.15, 0.2) is 0 Å². The van der Waals surface area contributed by atoms with Gasteiger partial charge in [-0.25, -0.2) is 0 Å². The average molecular weight is 256 g/mol. The van der Waals surface area contributed by atoms with E-state index in [0.717, 1.165) is 36.0 Å². The molecular formula is C12H18ClN3O. The molecule has 2 aliphatic rings. The van der Waals surface area contributed by atoms with Crippen molar-refractivity contribution in [1.82, 2.24) is 14.7 Å². The van der Waals surface area contributed by atoms with Crippen LogP contribution in [0.1, 0.15) is 24.2 Å². The summed E-state index contributed by atoms with van der Waals surface area (Å²) in [6.45, 7) is 4.46. The van der Waals surface area contributed by atoms with Gasteiger partial charge in [0, 0.05) is 32.1 Å². The minimum absolute atomic E-state index is 0.161. The molecule has 1 saturated carbocycles. The van der Waals surface area contributed by atoms with Crippen molar-refractivity contribution in [3.8, 4) is 0 Å². The number of rotatable bonds is 2. The van der Waals surface area contributed by atoms with Gasteiger partial charge in [0.1, 0.15) is 0 Å². The zero-order chi connectivity index (χ0) is 12.2. The standard InChI is InChI=1S/C12H18ClN3O/c1-8-11(13)9(14-15(8)2)5-16-6-10(17)12(7-16)3-4-12/h10,17H,3-7H2,1-2H3. The van der Waals surface area contributed by atoms with Crippen LogP contribution in [0.25, 0.3) is 0 Å². The zero-order valence-electron chi connectivity index (χ0n) is 10.3. The van der Waals surface area contributed by atoms with E-state index in [2.05, 4.69) is 10.00 Å². The molecule has 2 fully saturated rings. The van der Waals surface area contributed by atoms with Crippen LogP contribution in [0.5, 0.6) is 0 Å². The molecule has 2 heterocycles. The van der Waals surface area contributed by atoms with E-state index >= 15 is 0 Å². The van der Waals surface area contributed by atoms with Gasteiger partial charge in [0.2, 0.25) is 0 Å². The van der Waals surface area contributed by atoms with E-state index < -0.39 is 0 Å². The van der Waals surface area contributed by atoms with Crippen molar-refractivity contribution in [1.29, 1.82) is 0 Å². The number of halogens is 1. The van der Waals surface area contributed by atoms with E-state index in [-0.39, 0.29) is 11.5 Å². The summed E-state index contributed by atoms with van der Waals surface area (Å²) >= 11 is 6.24. The molecule has 0 radical (unpaired) electrons. The Hall–Kier alpha value is -0.580. The predicted octanol–water partition coefficient (Wildman–Crippen LogP) is 1.34. The maximum atomic E-state index is 10.00. The summed E-state index contributed by atoms with van der Waals surface area (Å²) in [4.78, 5) is 2.27. The molecule has 4 nitrogen and oxygen atoms in total. The second-order valence-corrected chi connectivity index (χ2v) is 5.90. The highest BCUT2D eigenvalue weighted by Gasteiger charge is 2.54. The summed E-state index contributed by atoms with van der Waals surface area (Å²) in [6, 6.07) is 0. The third-order valence-corrected chi connectivity index (χ3v) is 4.76. The molecule has 1 unspecified atom stereocenters. The van der Waals surface area contributed by atoms with Crippen LogP contribution in [0.4, 0.5) is 0 Å². The number of likely N-dealkylation sites (tertiary alicyclic amines) is 1. The summed E-state index contributed by atoms with van der Waals surface area (Å²) in [5, 5.41) is 15.2. The van der Waals surface area contributed by atoms with Crippen LogP contribution in [-0.2, 0) is 13.6 Å². The monoisotopic (exact) mass is 255 g/mol. The molecule has 3 rings (SSSR count). The number of β-amino-alcohol motifs (C(OH)–C–C–N with tert-alkyl or cyclic N) is 1. The molecule has 1 spiro atoms. The lowest BCUT2D eigenvalue weighted by atomic mass is 10.0. The van der Waals surface area contributed by atoms with Gasteiger partial charge in [-0.05, 0) is 19.8 Å². The normalized spacial score (nSPS) is 26.9. The maximum absolute atomic E-state index is 10.00. The molecule has 17 heavy (non-hydrogen) atoms. The smallest absolute Gasteiger partial charge is 0.0953 e. The molecule has 5 heteroatoms. The van der Waals surface area contributed by atoms with Gasteiger partial charge in [0.25, 0.3) is 0 Å². The second-order valence-electron chi connectivity index (χ2n) is 5.52. The van der Waals surface area contributed by atoms with Gasteiger partial charge in [0.05, 0.1) is 22.5 Å². The van der Waals surface area contributed by atoms with Crippen molar-refractivity contribution in [2.24, 2.45) is 12.5 Å². The third-order valence-electron chi connectivity index (χ3n) is 4.27. The van der Waals surface area contributed by atoms with Gasteiger partial charge in [-0.1, -0.05) is 11.6 Å². The highest BCUT2D eigenvalue weighted by atomic mass is 35.5. The Labute approximate surface area is 106 Å². The molecule has 1 atom stereocenters. The van der Waals surface area contributed by atoms with Crippen LogP contribution in [0.3, 0.4) is 0 Å². The minimum Gasteiger partial charge on any atom is -0.391 e. The Bertz CT molecular complexity index is 453. The van der Waals surface area contributed by atoms with E-state index in [1.165, 1.54) is 12.8 Å². The van der Waals surface area contributed by atoms with E-state index in [1.807, 2.05) is 18.7 Å². The molecular weight excluding hydrogens is 238 g/mol.